The van der Waals surface area contributed by atoms with Gasteiger partial charge in [0.1, 0.15) is 5.82 Å². The molecule has 0 aromatic heterocycles. The van der Waals surface area contributed by atoms with Gasteiger partial charge in [0.2, 0.25) is 5.91 Å². The lowest BCUT2D eigenvalue weighted by Gasteiger charge is -2.12. The third kappa shape index (κ3) is 2.82. The summed E-state index contributed by atoms with van der Waals surface area (Å²) in [4.78, 5) is 11.3. The summed E-state index contributed by atoms with van der Waals surface area (Å²) in [6.07, 6.45) is 0.321. The van der Waals surface area contributed by atoms with Crippen LogP contribution in [0.1, 0.15) is 11.1 Å². The normalized spacial score (nSPS) is 13.0. The Morgan fingerprint density at radius 3 is 2.81 bits per heavy atom. The topological polar surface area (TPSA) is 41.1 Å². The van der Waals surface area contributed by atoms with E-state index in [0.717, 1.165) is 11.3 Å². The van der Waals surface area contributed by atoms with Gasteiger partial charge in [-0.3, -0.25) is 4.79 Å². The van der Waals surface area contributed by atoms with Crippen LogP contribution in [0, 0.1) is 5.82 Å². The molecule has 0 saturated carbocycles. The van der Waals surface area contributed by atoms with Crippen molar-refractivity contribution in [3.8, 4) is 0 Å². The number of hydrogen-bond donors (Lipinski definition) is 2. The van der Waals surface area contributed by atoms with Crippen LogP contribution in [-0.4, -0.2) is 5.91 Å². The summed E-state index contributed by atoms with van der Waals surface area (Å²) >= 11 is 12.1. The van der Waals surface area contributed by atoms with Gasteiger partial charge in [-0.25, -0.2) is 4.39 Å². The average Bonchev–Trinajstić information content (AvgIpc) is 2.77. The van der Waals surface area contributed by atoms with E-state index in [9.17, 15) is 9.18 Å². The second-order valence-electron chi connectivity index (χ2n) is 4.77. The number of halogens is 3. The molecule has 1 aliphatic rings. The van der Waals surface area contributed by atoms with Crippen LogP contribution >= 0.6 is 23.2 Å². The standard InChI is InChI=1S/C15H11Cl2FN2O/c16-10-2-1-3-12(18)9(10)7-19-14-4-8-5-15(21)20-13(8)6-11(14)17/h1-4,6,19H,5,7H2,(H,20,21). The van der Waals surface area contributed by atoms with E-state index >= 15 is 0 Å². The molecule has 1 amide bonds. The molecule has 108 valence electrons. The van der Waals surface area contributed by atoms with E-state index in [1.807, 2.05) is 0 Å². The smallest absolute Gasteiger partial charge is 0.228 e. The van der Waals surface area contributed by atoms with Gasteiger partial charge in [-0.05, 0) is 29.8 Å². The van der Waals surface area contributed by atoms with Gasteiger partial charge in [0.25, 0.3) is 0 Å². The van der Waals surface area contributed by atoms with E-state index in [2.05, 4.69) is 10.6 Å². The number of nitrogens with one attached hydrogen (secondary N) is 2. The molecule has 3 rings (SSSR count). The lowest BCUT2D eigenvalue weighted by atomic mass is 10.1. The summed E-state index contributed by atoms with van der Waals surface area (Å²) < 4.78 is 13.7. The van der Waals surface area contributed by atoms with Crippen LogP contribution in [0.4, 0.5) is 15.8 Å². The van der Waals surface area contributed by atoms with Gasteiger partial charge < -0.3 is 10.6 Å². The van der Waals surface area contributed by atoms with Gasteiger partial charge >= 0.3 is 0 Å². The average molecular weight is 325 g/mol. The molecule has 2 aromatic carbocycles. The van der Waals surface area contributed by atoms with Gasteiger partial charge in [-0.1, -0.05) is 29.3 Å². The highest BCUT2D eigenvalue weighted by molar-refractivity contribution is 6.34. The Labute approximate surface area is 131 Å². The third-order valence-electron chi connectivity index (χ3n) is 3.34. The summed E-state index contributed by atoms with van der Waals surface area (Å²) in [5.41, 5.74) is 2.61. The number of amides is 1. The summed E-state index contributed by atoms with van der Waals surface area (Å²) in [6, 6.07) is 8.03. The molecule has 2 aromatic rings. The highest BCUT2D eigenvalue weighted by Gasteiger charge is 2.19. The molecule has 21 heavy (non-hydrogen) atoms. The molecule has 0 spiro atoms. The maximum Gasteiger partial charge on any atom is 0.228 e. The van der Waals surface area contributed by atoms with Crippen molar-refractivity contribution in [2.45, 2.75) is 13.0 Å². The SMILES string of the molecule is O=C1Cc2cc(NCc3c(F)cccc3Cl)c(Cl)cc2N1. The molecule has 6 heteroatoms. The second-order valence-corrected chi connectivity index (χ2v) is 5.58. The lowest BCUT2D eigenvalue weighted by molar-refractivity contribution is -0.115. The highest BCUT2D eigenvalue weighted by atomic mass is 35.5. The van der Waals surface area contributed by atoms with Gasteiger partial charge in [0.15, 0.2) is 0 Å². The first kappa shape index (κ1) is 14.2. The molecule has 0 fully saturated rings. The minimum Gasteiger partial charge on any atom is -0.380 e. The summed E-state index contributed by atoms with van der Waals surface area (Å²) in [7, 11) is 0. The maximum absolute atomic E-state index is 13.7. The maximum atomic E-state index is 13.7. The Morgan fingerprint density at radius 2 is 2.05 bits per heavy atom. The Bertz CT molecular complexity index is 714. The van der Waals surface area contributed by atoms with Crippen molar-refractivity contribution in [1.29, 1.82) is 0 Å². The number of hydrogen-bond acceptors (Lipinski definition) is 2. The fourth-order valence-corrected chi connectivity index (χ4v) is 2.73. The van der Waals surface area contributed by atoms with E-state index in [1.165, 1.54) is 6.07 Å². The summed E-state index contributed by atoms with van der Waals surface area (Å²) in [6.45, 7) is 0.214. The quantitative estimate of drug-likeness (QED) is 0.886. The van der Waals surface area contributed by atoms with Crippen LogP contribution in [0.25, 0.3) is 0 Å². The first-order valence-electron chi connectivity index (χ1n) is 6.33. The zero-order chi connectivity index (χ0) is 15.0. The van der Waals surface area contributed by atoms with Gasteiger partial charge in [-0.15, -0.1) is 0 Å². The Morgan fingerprint density at radius 1 is 1.24 bits per heavy atom. The van der Waals surface area contributed by atoms with Crippen LogP contribution < -0.4 is 10.6 Å². The van der Waals surface area contributed by atoms with Crippen molar-refractivity contribution < 1.29 is 9.18 Å². The number of fused-ring (bicyclic) bond motifs is 1. The van der Waals surface area contributed by atoms with Crippen LogP contribution in [0.5, 0.6) is 0 Å². The molecular weight excluding hydrogens is 314 g/mol. The predicted molar refractivity (Wildman–Crippen MR) is 82.5 cm³/mol. The molecule has 0 saturated heterocycles. The molecule has 0 aliphatic carbocycles. The van der Waals surface area contributed by atoms with E-state index in [4.69, 9.17) is 23.2 Å². The number of anilines is 2. The molecule has 1 aliphatic heterocycles. The fourth-order valence-electron chi connectivity index (χ4n) is 2.27. The summed E-state index contributed by atoms with van der Waals surface area (Å²) in [5, 5.41) is 6.60. The molecule has 0 unspecified atom stereocenters. The van der Waals surface area contributed by atoms with E-state index in [-0.39, 0.29) is 18.3 Å². The van der Waals surface area contributed by atoms with Crippen LogP contribution in [0.15, 0.2) is 30.3 Å². The van der Waals surface area contributed by atoms with E-state index < -0.39 is 0 Å². The lowest BCUT2D eigenvalue weighted by Crippen LogP contribution is -2.03. The number of carbonyl (C=O) groups is 1. The number of carbonyl (C=O) groups excluding carboxylic acids is 1. The largest absolute Gasteiger partial charge is 0.380 e. The second kappa shape index (κ2) is 5.54. The zero-order valence-electron chi connectivity index (χ0n) is 10.8. The molecule has 0 bridgehead atoms. The van der Waals surface area contributed by atoms with E-state index in [1.54, 1.807) is 24.3 Å². The first-order valence-corrected chi connectivity index (χ1v) is 7.09. The van der Waals surface area contributed by atoms with Crippen molar-refractivity contribution in [2.75, 3.05) is 10.6 Å². The molecular formula is C15H11Cl2FN2O. The minimum atomic E-state index is -0.371. The van der Waals surface area contributed by atoms with E-state index in [0.29, 0.717) is 27.7 Å². The Kier molecular flexibility index (Phi) is 3.74. The molecule has 0 radical (unpaired) electrons. The minimum absolute atomic E-state index is 0.0598. The summed E-state index contributed by atoms with van der Waals surface area (Å²) in [5.74, 6) is -0.431. The Hall–Kier alpha value is -1.78. The van der Waals surface area contributed by atoms with Crippen molar-refractivity contribution in [1.82, 2.24) is 0 Å². The van der Waals surface area contributed by atoms with Crippen molar-refractivity contribution in [2.24, 2.45) is 0 Å². The van der Waals surface area contributed by atoms with Crippen molar-refractivity contribution in [3.05, 3.63) is 57.3 Å². The monoisotopic (exact) mass is 324 g/mol. The molecule has 2 N–H and O–H groups in total. The molecule has 0 atom stereocenters. The highest BCUT2D eigenvalue weighted by Crippen LogP contribution is 2.33. The van der Waals surface area contributed by atoms with Crippen molar-refractivity contribution in [3.63, 3.8) is 0 Å². The van der Waals surface area contributed by atoms with Gasteiger partial charge in [0, 0.05) is 22.8 Å². The van der Waals surface area contributed by atoms with Gasteiger partial charge in [-0.2, -0.15) is 0 Å². The first-order chi connectivity index (χ1) is 10.0. The zero-order valence-corrected chi connectivity index (χ0v) is 12.4. The van der Waals surface area contributed by atoms with Crippen molar-refractivity contribution >= 4 is 40.5 Å². The molecule has 1 heterocycles. The Balaban J connectivity index is 1.83. The van der Waals surface area contributed by atoms with Crippen LogP contribution in [0.3, 0.4) is 0 Å². The predicted octanol–water partition coefficient (Wildman–Crippen LogP) is 4.24. The number of benzene rings is 2. The third-order valence-corrected chi connectivity index (χ3v) is 4.00. The molecule has 3 nitrogen and oxygen atoms in total. The van der Waals surface area contributed by atoms with Gasteiger partial charge in [0.05, 0.1) is 17.1 Å². The number of rotatable bonds is 3. The van der Waals surface area contributed by atoms with Crippen LogP contribution in [-0.2, 0) is 17.8 Å². The fraction of sp³-hybridized carbons (Fsp3) is 0.133. The van der Waals surface area contributed by atoms with Crippen LogP contribution in [0.2, 0.25) is 10.0 Å².